The predicted octanol–water partition coefficient (Wildman–Crippen LogP) is 2.75. The number of fused-ring (bicyclic) bond motifs is 1. The monoisotopic (exact) mass is 374 g/mol. The van der Waals surface area contributed by atoms with E-state index in [9.17, 15) is 12.8 Å². The molecule has 8 heteroatoms. The van der Waals surface area contributed by atoms with Gasteiger partial charge >= 0.3 is 0 Å². The van der Waals surface area contributed by atoms with Gasteiger partial charge in [-0.05, 0) is 55.7 Å². The summed E-state index contributed by atoms with van der Waals surface area (Å²) in [6.07, 6.45) is 3.48. The number of benzene rings is 1. The molecule has 0 saturated carbocycles. The molecule has 4 rings (SSSR count). The molecule has 0 aliphatic carbocycles. The van der Waals surface area contributed by atoms with Crippen LogP contribution in [0.5, 0.6) is 0 Å². The first-order valence-corrected chi connectivity index (χ1v) is 9.97. The summed E-state index contributed by atoms with van der Waals surface area (Å²) in [5, 5.41) is 8.44. The molecule has 0 amide bonds. The van der Waals surface area contributed by atoms with Crippen molar-refractivity contribution >= 4 is 15.7 Å². The maximum absolute atomic E-state index is 13.5. The molecular formula is C18H19FN4O2S. The number of sulfonamides is 1. The maximum Gasteiger partial charge on any atom is 0.243 e. The second-order valence-corrected chi connectivity index (χ2v) is 8.54. The second-order valence-electron chi connectivity index (χ2n) is 6.60. The minimum Gasteiger partial charge on any atom is -0.286 e. The van der Waals surface area contributed by atoms with E-state index in [1.54, 1.807) is 6.92 Å². The normalized spacial score (nSPS) is 19.1. The van der Waals surface area contributed by atoms with Crippen molar-refractivity contribution < 1.29 is 12.8 Å². The van der Waals surface area contributed by atoms with Crippen LogP contribution in [-0.2, 0) is 10.0 Å². The van der Waals surface area contributed by atoms with Crippen LogP contribution in [0.15, 0.2) is 47.5 Å². The Labute approximate surface area is 151 Å². The van der Waals surface area contributed by atoms with Crippen molar-refractivity contribution in [2.24, 2.45) is 0 Å². The minimum atomic E-state index is -3.67. The standard InChI is InChI=1S/C18H19FN4O2S/c1-13-11-15(7-8-16(13)19)26(24,25)22-9-4-5-14(12-22)18-21-20-17-6-2-3-10-23(17)18/h2-3,6-8,10-11,14H,4-5,9,12H2,1H3. The van der Waals surface area contributed by atoms with Crippen molar-refractivity contribution in [3.8, 4) is 0 Å². The van der Waals surface area contributed by atoms with E-state index in [4.69, 9.17) is 0 Å². The van der Waals surface area contributed by atoms with Gasteiger partial charge in [-0.15, -0.1) is 10.2 Å². The van der Waals surface area contributed by atoms with Gasteiger partial charge in [0.15, 0.2) is 5.65 Å². The third kappa shape index (κ3) is 2.89. The van der Waals surface area contributed by atoms with Crippen LogP contribution >= 0.6 is 0 Å². The zero-order valence-electron chi connectivity index (χ0n) is 14.3. The molecule has 3 heterocycles. The Morgan fingerprint density at radius 2 is 2.04 bits per heavy atom. The molecule has 3 aromatic rings. The molecule has 1 aliphatic rings. The number of halogens is 1. The molecule has 0 radical (unpaired) electrons. The van der Waals surface area contributed by atoms with Gasteiger partial charge in [0, 0.05) is 25.2 Å². The Hall–Kier alpha value is -2.32. The number of pyridine rings is 1. The number of hydrogen-bond acceptors (Lipinski definition) is 4. The fourth-order valence-corrected chi connectivity index (χ4v) is 5.05. The number of rotatable bonds is 3. The third-order valence-electron chi connectivity index (χ3n) is 4.86. The molecule has 1 fully saturated rings. The van der Waals surface area contributed by atoms with E-state index in [0.29, 0.717) is 18.7 Å². The van der Waals surface area contributed by atoms with E-state index in [1.165, 1.54) is 22.5 Å². The van der Waals surface area contributed by atoms with Gasteiger partial charge in [-0.2, -0.15) is 4.31 Å². The average Bonchev–Trinajstić information content (AvgIpc) is 3.08. The topological polar surface area (TPSA) is 67.6 Å². The molecule has 0 spiro atoms. The minimum absolute atomic E-state index is 0.0301. The molecule has 6 nitrogen and oxygen atoms in total. The SMILES string of the molecule is Cc1cc(S(=O)(=O)N2CCCC(c3nnc4ccccn34)C2)ccc1F. The number of hydrogen-bond donors (Lipinski definition) is 0. The quantitative estimate of drug-likeness (QED) is 0.707. The Bertz CT molecular complexity index is 1060. The van der Waals surface area contributed by atoms with Crippen molar-refractivity contribution in [2.75, 3.05) is 13.1 Å². The van der Waals surface area contributed by atoms with Crippen molar-refractivity contribution in [2.45, 2.75) is 30.6 Å². The Morgan fingerprint density at radius 3 is 2.85 bits per heavy atom. The lowest BCUT2D eigenvalue weighted by atomic mass is 9.99. The van der Waals surface area contributed by atoms with Gasteiger partial charge in [0.1, 0.15) is 11.6 Å². The molecule has 1 atom stereocenters. The highest BCUT2D eigenvalue weighted by Crippen LogP contribution is 2.30. The lowest BCUT2D eigenvalue weighted by molar-refractivity contribution is 0.308. The maximum atomic E-state index is 13.5. The first-order chi connectivity index (χ1) is 12.5. The van der Waals surface area contributed by atoms with Gasteiger partial charge < -0.3 is 0 Å². The summed E-state index contributed by atoms with van der Waals surface area (Å²) in [4.78, 5) is 0.128. The zero-order valence-corrected chi connectivity index (χ0v) is 15.2. The summed E-state index contributed by atoms with van der Waals surface area (Å²) in [6, 6.07) is 9.58. The Balaban J connectivity index is 1.65. The van der Waals surface area contributed by atoms with Gasteiger partial charge in [0.2, 0.25) is 10.0 Å². The van der Waals surface area contributed by atoms with E-state index in [-0.39, 0.29) is 10.8 Å². The molecule has 2 aromatic heterocycles. The highest BCUT2D eigenvalue weighted by atomic mass is 32.2. The summed E-state index contributed by atoms with van der Waals surface area (Å²) in [5.41, 5.74) is 1.07. The van der Waals surface area contributed by atoms with Crippen LogP contribution < -0.4 is 0 Å². The summed E-state index contributed by atoms with van der Waals surface area (Å²) in [5.74, 6) is 0.337. The van der Waals surface area contributed by atoms with Crippen LogP contribution in [0.25, 0.3) is 5.65 Å². The second kappa shape index (κ2) is 6.44. The van der Waals surface area contributed by atoms with E-state index in [2.05, 4.69) is 10.2 Å². The van der Waals surface area contributed by atoms with Crippen LogP contribution in [-0.4, -0.2) is 40.4 Å². The van der Waals surface area contributed by atoms with Crippen LogP contribution in [0.4, 0.5) is 4.39 Å². The van der Waals surface area contributed by atoms with Crippen LogP contribution in [0.3, 0.4) is 0 Å². The third-order valence-corrected chi connectivity index (χ3v) is 6.72. The van der Waals surface area contributed by atoms with Crippen molar-refractivity contribution in [1.29, 1.82) is 0 Å². The highest BCUT2D eigenvalue weighted by Gasteiger charge is 2.33. The number of piperidine rings is 1. The van der Waals surface area contributed by atoms with E-state index >= 15 is 0 Å². The summed E-state index contributed by atoms with van der Waals surface area (Å²) >= 11 is 0. The molecule has 26 heavy (non-hydrogen) atoms. The molecular weight excluding hydrogens is 355 g/mol. The van der Waals surface area contributed by atoms with Crippen LogP contribution in [0.1, 0.15) is 30.1 Å². The van der Waals surface area contributed by atoms with Gasteiger partial charge in [-0.3, -0.25) is 4.40 Å². The van der Waals surface area contributed by atoms with Gasteiger partial charge in [0.05, 0.1) is 4.90 Å². The molecule has 1 aliphatic heterocycles. The lowest BCUT2D eigenvalue weighted by Gasteiger charge is -2.31. The summed E-state index contributed by atoms with van der Waals surface area (Å²) < 4.78 is 42.9. The number of aryl methyl sites for hydroxylation is 1. The summed E-state index contributed by atoms with van der Waals surface area (Å²) in [7, 11) is -3.67. The lowest BCUT2D eigenvalue weighted by Crippen LogP contribution is -2.39. The molecule has 1 saturated heterocycles. The average molecular weight is 374 g/mol. The van der Waals surface area contributed by atoms with Gasteiger partial charge in [-0.1, -0.05) is 6.07 Å². The van der Waals surface area contributed by atoms with Gasteiger partial charge in [0.25, 0.3) is 0 Å². The molecule has 1 unspecified atom stereocenters. The first kappa shape index (κ1) is 17.1. The van der Waals surface area contributed by atoms with Gasteiger partial charge in [-0.25, -0.2) is 12.8 Å². The molecule has 1 aromatic carbocycles. The number of nitrogens with zero attached hydrogens (tertiary/aromatic N) is 4. The van der Waals surface area contributed by atoms with Crippen molar-refractivity contribution in [3.63, 3.8) is 0 Å². The fourth-order valence-electron chi connectivity index (χ4n) is 3.44. The van der Waals surface area contributed by atoms with E-state index in [1.807, 2.05) is 28.8 Å². The zero-order chi connectivity index (χ0) is 18.3. The first-order valence-electron chi connectivity index (χ1n) is 8.53. The fraction of sp³-hybridized carbons (Fsp3) is 0.333. The largest absolute Gasteiger partial charge is 0.286 e. The van der Waals surface area contributed by atoms with E-state index < -0.39 is 15.8 Å². The predicted molar refractivity (Wildman–Crippen MR) is 94.9 cm³/mol. The molecule has 136 valence electrons. The van der Waals surface area contributed by atoms with Crippen molar-refractivity contribution in [3.05, 3.63) is 59.8 Å². The molecule has 0 N–H and O–H groups in total. The number of aromatic nitrogens is 3. The smallest absolute Gasteiger partial charge is 0.243 e. The Morgan fingerprint density at radius 1 is 1.19 bits per heavy atom. The Kier molecular flexibility index (Phi) is 4.24. The summed E-state index contributed by atoms with van der Waals surface area (Å²) in [6.45, 7) is 2.36. The highest BCUT2D eigenvalue weighted by molar-refractivity contribution is 7.89. The van der Waals surface area contributed by atoms with Crippen molar-refractivity contribution in [1.82, 2.24) is 18.9 Å². The van der Waals surface area contributed by atoms with Crippen LogP contribution in [0, 0.1) is 12.7 Å². The molecule has 0 bridgehead atoms. The van der Waals surface area contributed by atoms with Crippen LogP contribution in [0.2, 0.25) is 0 Å². The van der Waals surface area contributed by atoms with E-state index in [0.717, 1.165) is 24.3 Å².